The Hall–Kier alpha value is -2.61. The van der Waals surface area contributed by atoms with Crippen LogP contribution in [0, 0.1) is 23.0 Å². The lowest BCUT2D eigenvalue weighted by Gasteiger charge is -2.09. The van der Waals surface area contributed by atoms with Crippen molar-refractivity contribution in [3.8, 4) is 11.8 Å². The van der Waals surface area contributed by atoms with Gasteiger partial charge in [-0.05, 0) is 24.3 Å². The van der Waals surface area contributed by atoms with Gasteiger partial charge in [-0.2, -0.15) is 5.26 Å². The SMILES string of the molecule is COc1cc(NCc2ccc(C#N)cc2F)ccc1F. The fourth-order valence-electron chi connectivity index (χ4n) is 1.73. The van der Waals surface area contributed by atoms with Crippen molar-refractivity contribution in [2.75, 3.05) is 12.4 Å². The summed E-state index contributed by atoms with van der Waals surface area (Å²) in [4.78, 5) is 0. The predicted octanol–water partition coefficient (Wildman–Crippen LogP) is 3.46. The summed E-state index contributed by atoms with van der Waals surface area (Å²) >= 11 is 0. The quantitative estimate of drug-likeness (QED) is 0.928. The minimum Gasteiger partial charge on any atom is -0.494 e. The van der Waals surface area contributed by atoms with E-state index in [1.165, 1.54) is 25.3 Å². The topological polar surface area (TPSA) is 45.0 Å². The summed E-state index contributed by atoms with van der Waals surface area (Å²) in [5.74, 6) is -0.788. The van der Waals surface area contributed by atoms with Gasteiger partial charge in [-0.25, -0.2) is 8.78 Å². The number of halogens is 2. The van der Waals surface area contributed by atoms with E-state index in [2.05, 4.69) is 5.32 Å². The Bertz CT molecular complexity index is 665. The molecule has 0 bridgehead atoms. The van der Waals surface area contributed by atoms with Crippen LogP contribution in [0.4, 0.5) is 14.5 Å². The second-order valence-electron chi connectivity index (χ2n) is 4.12. The van der Waals surface area contributed by atoms with Crippen LogP contribution >= 0.6 is 0 Å². The first-order valence-corrected chi connectivity index (χ1v) is 5.90. The molecule has 5 heteroatoms. The minimum atomic E-state index is -0.456. The highest BCUT2D eigenvalue weighted by molar-refractivity contribution is 5.49. The molecule has 0 aliphatic carbocycles. The van der Waals surface area contributed by atoms with Crippen LogP contribution in [0.15, 0.2) is 36.4 Å². The Labute approximate surface area is 115 Å². The number of nitrogens with zero attached hydrogens (tertiary/aromatic N) is 1. The van der Waals surface area contributed by atoms with Crippen LogP contribution in [0.3, 0.4) is 0 Å². The van der Waals surface area contributed by atoms with Gasteiger partial charge in [0.25, 0.3) is 0 Å². The second kappa shape index (κ2) is 6.02. The number of rotatable bonds is 4. The monoisotopic (exact) mass is 274 g/mol. The van der Waals surface area contributed by atoms with E-state index in [4.69, 9.17) is 10.00 Å². The molecular weight excluding hydrogens is 262 g/mol. The molecule has 0 aromatic heterocycles. The molecule has 102 valence electrons. The summed E-state index contributed by atoms with van der Waals surface area (Å²) in [5, 5.41) is 11.6. The number of benzene rings is 2. The van der Waals surface area contributed by atoms with E-state index in [1.807, 2.05) is 6.07 Å². The molecule has 2 aromatic carbocycles. The van der Waals surface area contributed by atoms with Gasteiger partial charge in [-0.15, -0.1) is 0 Å². The smallest absolute Gasteiger partial charge is 0.165 e. The molecule has 0 heterocycles. The summed E-state index contributed by atoms with van der Waals surface area (Å²) in [5.41, 5.74) is 1.31. The first kappa shape index (κ1) is 13.8. The Morgan fingerprint density at radius 1 is 1.15 bits per heavy atom. The van der Waals surface area contributed by atoms with E-state index in [-0.39, 0.29) is 17.9 Å². The van der Waals surface area contributed by atoms with Gasteiger partial charge in [0.2, 0.25) is 0 Å². The lowest BCUT2D eigenvalue weighted by Crippen LogP contribution is -2.02. The molecule has 0 aliphatic rings. The number of nitriles is 1. The number of ether oxygens (including phenoxy) is 1. The standard InChI is InChI=1S/C15H12F2N2O/c1-20-15-7-12(4-5-13(15)16)19-9-11-3-2-10(8-18)6-14(11)17/h2-7,19H,9H2,1H3. The largest absolute Gasteiger partial charge is 0.494 e. The summed E-state index contributed by atoms with van der Waals surface area (Å²) in [6.07, 6.45) is 0. The van der Waals surface area contributed by atoms with Gasteiger partial charge in [0.15, 0.2) is 11.6 Å². The molecule has 0 fully saturated rings. The Morgan fingerprint density at radius 3 is 2.60 bits per heavy atom. The van der Waals surface area contributed by atoms with Gasteiger partial charge in [0.05, 0.1) is 18.7 Å². The van der Waals surface area contributed by atoms with Crippen LogP contribution in [-0.4, -0.2) is 7.11 Å². The Kier molecular flexibility index (Phi) is 4.16. The molecule has 0 saturated carbocycles. The van der Waals surface area contributed by atoms with Gasteiger partial charge < -0.3 is 10.1 Å². The fourth-order valence-corrected chi connectivity index (χ4v) is 1.73. The van der Waals surface area contributed by atoms with E-state index in [1.54, 1.807) is 18.2 Å². The third-order valence-corrected chi connectivity index (χ3v) is 2.82. The molecule has 0 atom stereocenters. The van der Waals surface area contributed by atoms with E-state index in [0.29, 0.717) is 11.3 Å². The minimum absolute atomic E-state index is 0.121. The lowest BCUT2D eigenvalue weighted by atomic mass is 10.1. The van der Waals surface area contributed by atoms with E-state index in [0.717, 1.165) is 0 Å². The number of hydrogen-bond acceptors (Lipinski definition) is 3. The predicted molar refractivity (Wildman–Crippen MR) is 71.4 cm³/mol. The molecule has 1 N–H and O–H groups in total. The molecule has 2 rings (SSSR count). The number of anilines is 1. The lowest BCUT2D eigenvalue weighted by molar-refractivity contribution is 0.387. The second-order valence-corrected chi connectivity index (χ2v) is 4.12. The van der Waals surface area contributed by atoms with Crippen molar-refractivity contribution in [1.29, 1.82) is 5.26 Å². The normalized spacial score (nSPS) is 9.90. The Morgan fingerprint density at radius 2 is 1.95 bits per heavy atom. The number of hydrogen-bond donors (Lipinski definition) is 1. The number of nitrogens with one attached hydrogen (secondary N) is 1. The highest BCUT2D eigenvalue weighted by Crippen LogP contribution is 2.22. The van der Waals surface area contributed by atoms with E-state index < -0.39 is 11.6 Å². The van der Waals surface area contributed by atoms with Crippen molar-refractivity contribution in [2.24, 2.45) is 0 Å². The molecule has 3 nitrogen and oxygen atoms in total. The summed E-state index contributed by atoms with van der Waals surface area (Å²) < 4.78 is 31.8. The van der Waals surface area contributed by atoms with Crippen molar-refractivity contribution < 1.29 is 13.5 Å². The zero-order valence-electron chi connectivity index (χ0n) is 10.8. The van der Waals surface area contributed by atoms with E-state index in [9.17, 15) is 8.78 Å². The highest BCUT2D eigenvalue weighted by Gasteiger charge is 2.06. The van der Waals surface area contributed by atoms with Crippen LogP contribution in [0.2, 0.25) is 0 Å². The molecule has 0 unspecified atom stereocenters. The van der Waals surface area contributed by atoms with Crippen molar-refractivity contribution in [1.82, 2.24) is 0 Å². The maximum Gasteiger partial charge on any atom is 0.165 e. The van der Waals surface area contributed by atoms with Gasteiger partial charge in [0.1, 0.15) is 5.82 Å². The molecule has 0 aliphatic heterocycles. The molecule has 0 amide bonds. The van der Waals surface area contributed by atoms with Crippen molar-refractivity contribution in [3.63, 3.8) is 0 Å². The molecule has 2 aromatic rings. The summed E-state index contributed by atoms with van der Waals surface area (Å²) in [6.45, 7) is 0.229. The molecular formula is C15H12F2N2O. The summed E-state index contributed by atoms with van der Waals surface area (Å²) in [7, 11) is 1.38. The number of methoxy groups -OCH3 is 1. The van der Waals surface area contributed by atoms with E-state index >= 15 is 0 Å². The Balaban J connectivity index is 2.11. The van der Waals surface area contributed by atoms with Gasteiger partial charge in [0, 0.05) is 23.9 Å². The average Bonchev–Trinajstić information content (AvgIpc) is 2.47. The van der Waals surface area contributed by atoms with Crippen LogP contribution in [0.1, 0.15) is 11.1 Å². The van der Waals surface area contributed by atoms with Gasteiger partial charge >= 0.3 is 0 Å². The highest BCUT2D eigenvalue weighted by atomic mass is 19.1. The van der Waals surface area contributed by atoms with Gasteiger partial charge in [-0.3, -0.25) is 0 Å². The third kappa shape index (κ3) is 3.04. The molecule has 0 saturated heterocycles. The fraction of sp³-hybridized carbons (Fsp3) is 0.133. The maximum absolute atomic E-state index is 13.7. The third-order valence-electron chi connectivity index (χ3n) is 2.82. The van der Waals surface area contributed by atoms with Gasteiger partial charge in [-0.1, -0.05) is 6.07 Å². The zero-order chi connectivity index (χ0) is 14.5. The first-order valence-electron chi connectivity index (χ1n) is 5.90. The van der Waals surface area contributed by atoms with Crippen LogP contribution in [0.5, 0.6) is 5.75 Å². The molecule has 0 spiro atoms. The summed E-state index contributed by atoms with van der Waals surface area (Å²) in [6, 6.07) is 10.5. The van der Waals surface area contributed by atoms with Crippen molar-refractivity contribution in [2.45, 2.75) is 6.54 Å². The van der Waals surface area contributed by atoms with Crippen molar-refractivity contribution >= 4 is 5.69 Å². The average molecular weight is 274 g/mol. The van der Waals surface area contributed by atoms with Crippen molar-refractivity contribution in [3.05, 3.63) is 59.2 Å². The van der Waals surface area contributed by atoms with Crippen LogP contribution in [-0.2, 0) is 6.54 Å². The first-order chi connectivity index (χ1) is 9.63. The van der Waals surface area contributed by atoms with Crippen LogP contribution in [0.25, 0.3) is 0 Å². The molecule has 0 radical (unpaired) electrons. The van der Waals surface area contributed by atoms with Crippen LogP contribution < -0.4 is 10.1 Å². The maximum atomic E-state index is 13.7. The zero-order valence-corrected chi connectivity index (χ0v) is 10.8. The molecule has 20 heavy (non-hydrogen) atoms.